The van der Waals surface area contributed by atoms with Crippen LogP contribution in [-0.2, 0) is 16.1 Å². The van der Waals surface area contributed by atoms with E-state index in [1.165, 1.54) is 0 Å². The molecule has 31 heavy (non-hydrogen) atoms. The fourth-order valence-corrected chi connectivity index (χ4v) is 2.77. The monoisotopic (exact) mass is 428 g/mol. The van der Waals surface area contributed by atoms with Gasteiger partial charge in [-0.15, -0.1) is 0 Å². The first-order valence-electron chi connectivity index (χ1n) is 10.8. The van der Waals surface area contributed by atoms with E-state index in [-0.39, 0.29) is 18.6 Å². The number of nitrogens with one attached hydrogen (secondary N) is 3. The van der Waals surface area contributed by atoms with Crippen molar-refractivity contribution in [1.29, 1.82) is 0 Å². The van der Waals surface area contributed by atoms with Gasteiger partial charge in [-0.25, -0.2) is 4.99 Å². The number of hydrogen-bond donors (Lipinski definition) is 3. The van der Waals surface area contributed by atoms with Gasteiger partial charge in [-0.3, -0.25) is 4.79 Å². The average molecular weight is 429 g/mol. The molecule has 3 N–H and O–H groups in total. The van der Waals surface area contributed by atoms with Crippen LogP contribution in [0.2, 0.25) is 0 Å². The second-order valence-corrected chi connectivity index (χ2v) is 7.73. The van der Waals surface area contributed by atoms with Crippen molar-refractivity contribution >= 4 is 17.6 Å². The van der Waals surface area contributed by atoms with Crippen LogP contribution in [0.5, 0.6) is 5.75 Å². The Kier molecular flexibility index (Phi) is 8.78. The fraction of sp³-hybridized carbons (Fsp3) is 0.478. The minimum Gasteiger partial charge on any atom is -0.491 e. The molecule has 0 aliphatic heterocycles. The number of guanidine groups is 1. The van der Waals surface area contributed by atoms with Crippen LogP contribution in [0, 0.1) is 0 Å². The van der Waals surface area contributed by atoms with E-state index in [0.717, 1.165) is 36.5 Å². The summed E-state index contributed by atoms with van der Waals surface area (Å²) in [6, 6.07) is 11.7. The first kappa shape index (κ1) is 22.7. The van der Waals surface area contributed by atoms with Crippen molar-refractivity contribution < 1.29 is 18.7 Å². The standard InChI is InChI=1S/C23H32N4O4/c1-17(2)31-20-10-8-19(9-11-20)27-23(25-15-22(28)26-18-6-7-18)24-12-4-13-29-16-21-5-3-14-30-21/h3,5,8-11,14,17-18H,4,6-7,12-13,15-16H2,1-2H3,(H,26,28)(H2,24,25,27). The van der Waals surface area contributed by atoms with E-state index >= 15 is 0 Å². The quantitative estimate of drug-likeness (QED) is 0.273. The second kappa shape index (κ2) is 12.0. The van der Waals surface area contributed by atoms with Crippen LogP contribution in [0.3, 0.4) is 0 Å². The van der Waals surface area contributed by atoms with Crippen molar-refractivity contribution in [3.8, 4) is 5.75 Å². The van der Waals surface area contributed by atoms with Gasteiger partial charge in [0.2, 0.25) is 5.91 Å². The highest BCUT2D eigenvalue weighted by Gasteiger charge is 2.22. The molecule has 0 unspecified atom stereocenters. The number of nitrogens with zero attached hydrogens (tertiary/aromatic N) is 1. The third-order valence-electron chi connectivity index (χ3n) is 4.39. The van der Waals surface area contributed by atoms with Gasteiger partial charge < -0.3 is 29.8 Å². The fourth-order valence-electron chi connectivity index (χ4n) is 2.77. The molecule has 1 saturated carbocycles. The Morgan fingerprint density at radius 2 is 2.03 bits per heavy atom. The van der Waals surface area contributed by atoms with Crippen molar-refractivity contribution in [2.24, 2.45) is 4.99 Å². The summed E-state index contributed by atoms with van der Waals surface area (Å²) in [7, 11) is 0. The molecule has 8 nitrogen and oxygen atoms in total. The Morgan fingerprint density at radius 3 is 2.71 bits per heavy atom. The topological polar surface area (TPSA) is 97.1 Å². The molecule has 1 fully saturated rings. The molecular formula is C23H32N4O4. The maximum absolute atomic E-state index is 12.0. The van der Waals surface area contributed by atoms with Gasteiger partial charge in [0, 0.05) is 24.9 Å². The molecular weight excluding hydrogens is 396 g/mol. The largest absolute Gasteiger partial charge is 0.491 e. The number of aliphatic imine (C=N–C) groups is 1. The summed E-state index contributed by atoms with van der Waals surface area (Å²) in [6.07, 6.45) is 4.66. The van der Waals surface area contributed by atoms with E-state index in [2.05, 4.69) is 20.9 Å². The first-order valence-corrected chi connectivity index (χ1v) is 10.8. The Morgan fingerprint density at radius 1 is 1.23 bits per heavy atom. The minimum atomic E-state index is -0.0638. The molecule has 0 saturated heterocycles. The molecule has 1 heterocycles. The molecule has 0 bridgehead atoms. The lowest BCUT2D eigenvalue weighted by Crippen LogP contribution is -2.34. The van der Waals surface area contributed by atoms with Crippen LogP contribution < -0.4 is 20.7 Å². The lowest BCUT2D eigenvalue weighted by Gasteiger charge is -2.14. The predicted octanol–water partition coefficient (Wildman–Crippen LogP) is 3.31. The summed E-state index contributed by atoms with van der Waals surface area (Å²) < 4.78 is 16.5. The van der Waals surface area contributed by atoms with Gasteiger partial charge in [0.1, 0.15) is 24.7 Å². The highest BCUT2D eigenvalue weighted by atomic mass is 16.5. The summed E-state index contributed by atoms with van der Waals surface area (Å²) in [4.78, 5) is 16.4. The minimum absolute atomic E-state index is 0.0638. The molecule has 1 amide bonds. The van der Waals surface area contributed by atoms with Crippen molar-refractivity contribution in [3.63, 3.8) is 0 Å². The summed E-state index contributed by atoms with van der Waals surface area (Å²) in [5, 5.41) is 9.45. The Bertz CT molecular complexity index is 815. The van der Waals surface area contributed by atoms with E-state index in [1.807, 2.05) is 50.2 Å². The molecule has 0 radical (unpaired) electrons. The van der Waals surface area contributed by atoms with Crippen molar-refractivity contribution in [3.05, 3.63) is 48.4 Å². The van der Waals surface area contributed by atoms with Crippen LogP contribution in [0.4, 0.5) is 5.69 Å². The van der Waals surface area contributed by atoms with Crippen molar-refractivity contribution in [1.82, 2.24) is 10.6 Å². The van der Waals surface area contributed by atoms with Crippen LogP contribution in [0.1, 0.15) is 38.9 Å². The van der Waals surface area contributed by atoms with Gasteiger partial charge in [0.25, 0.3) is 0 Å². The van der Waals surface area contributed by atoms with E-state index in [9.17, 15) is 4.79 Å². The van der Waals surface area contributed by atoms with Gasteiger partial charge in [-0.2, -0.15) is 0 Å². The highest BCUT2D eigenvalue weighted by Crippen LogP contribution is 2.18. The van der Waals surface area contributed by atoms with Crippen LogP contribution in [0.15, 0.2) is 52.1 Å². The number of rotatable bonds is 12. The summed E-state index contributed by atoms with van der Waals surface area (Å²) in [6.45, 7) is 5.76. The molecule has 1 aliphatic rings. The average Bonchev–Trinajstić information content (AvgIpc) is 3.40. The SMILES string of the molecule is CC(C)Oc1ccc(NC(=NCC(=O)NC2CC2)NCCCOCc2ccco2)cc1. The molecule has 2 aromatic rings. The third-order valence-corrected chi connectivity index (χ3v) is 4.39. The predicted molar refractivity (Wildman–Crippen MR) is 120 cm³/mol. The number of benzene rings is 1. The molecule has 0 spiro atoms. The molecule has 8 heteroatoms. The zero-order valence-corrected chi connectivity index (χ0v) is 18.2. The molecule has 168 valence electrons. The van der Waals surface area contributed by atoms with Crippen LogP contribution >= 0.6 is 0 Å². The zero-order chi connectivity index (χ0) is 21.9. The summed E-state index contributed by atoms with van der Waals surface area (Å²) >= 11 is 0. The van der Waals surface area contributed by atoms with Gasteiger partial charge in [-0.05, 0) is 69.5 Å². The van der Waals surface area contributed by atoms with Gasteiger partial charge in [0.15, 0.2) is 5.96 Å². The maximum atomic E-state index is 12.0. The maximum Gasteiger partial charge on any atom is 0.242 e. The zero-order valence-electron chi connectivity index (χ0n) is 18.2. The molecule has 0 atom stereocenters. The van der Waals surface area contributed by atoms with E-state index in [0.29, 0.717) is 31.8 Å². The lowest BCUT2D eigenvalue weighted by atomic mass is 10.3. The van der Waals surface area contributed by atoms with Gasteiger partial charge in [0.05, 0.1) is 12.4 Å². The Labute approximate surface area is 183 Å². The molecule has 1 aromatic carbocycles. The molecule has 3 rings (SSSR count). The number of carbonyl (C=O) groups excluding carboxylic acids is 1. The van der Waals surface area contributed by atoms with E-state index in [4.69, 9.17) is 13.9 Å². The number of furan rings is 1. The smallest absolute Gasteiger partial charge is 0.242 e. The number of anilines is 1. The normalized spacial score (nSPS) is 13.8. The second-order valence-electron chi connectivity index (χ2n) is 7.73. The summed E-state index contributed by atoms with van der Waals surface area (Å²) in [5.41, 5.74) is 0.860. The number of ether oxygens (including phenoxy) is 2. The highest BCUT2D eigenvalue weighted by molar-refractivity contribution is 5.95. The number of amides is 1. The Hall–Kier alpha value is -3.00. The summed E-state index contributed by atoms with van der Waals surface area (Å²) in [5.74, 6) is 2.11. The van der Waals surface area contributed by atoms with Crippen molar-refractivity contribution in [2.45, 2.75) is 51.9 Å². The Balaban J connectivity index is 1.46. The van der Waals surface area contributed by atoms with Crippen LogP contribution in [-0.4, -0.2) is 43.7 Å². The lowest BCUT2D eigenvalue weighted by molar-refractivity contribution is -0.119. The molecule has 1 aliphatic carbocycles. The number of hydrogen-bond acceptors (Lipinski definition) is 5. The van der Waals surface area contributed by atoms with Gasteiger partial charge >= 0.3 is 0 Å². The van der Waals surface area contributed by atoms with E-state index < -0.39 is 0 Å². The first-order chi connectivity index (χ1) is 15.1. The number of carbonyl (C=O) groups is 1. The van der Waals surface area contributed by atoms with Crippen LogP contribution in [0.25, 0.3) is 0 Å². The third kappa shape index (κ3) is 9.13. The van der Waals surface area contributed by atoms with E-state index in [1.54, 1.807) is 6.26 Å². The molecule has 1 aromatic heterocycles. The van der Waals surface area contributed by atoms with Gasteiger partial charge in [-0.1, -0.05) is 0 Å². The van der Waals surface area contributed by atoms with Crippen molar-refractivity contribution in [2.75, 3.05) is 25.0 Å².